The largest absolute Gasteiger partial charge is 0.490 e. The summed E-state index contributed by atoms with van der Waals surface area (Å²) >= 11 is 0. The fourth-order valence-electron chi connectivity index (χ4n) is 11.3. The number of fused-ring (bicyclic) bond motifs is 20. The van der Waals surface area contributed by atoms with Crippen LogP contribution in [0, 0.1) is 0 Å². The Bertz CT molecular complexity index is 4110. The number of hydrogen-bond donors (Lipinski definition) is 2. The van der Waals surface area contributed by atoms with Crippen LogP contribution >= 0.6 is 0 Å². The number of benzene rings is 4. The van der Waals surface area contributed by atoms with Gasteiger partial charge >= 0.3 is 0 Å². The molecule has 4 aromatic carbocycles. The van der Waals surface area contributed by atoms with Crippen LogP contribution in [0.15, 0.2) is 54.6 Å². The maximum absolute atomic E-state index is 6.63. The third-order valence-corrected chi connectivity index (χ3v) is 17.0. The average Bonchev–Trinajstić information content (AvgIpc) is 1.57. The molecule has 3 aromatic heterocycles. The van der Waals surface area contributed by atoms with Crippen LogP contribution in [0.25, 0.3) is 89.7 Å². The van der Waals surface area contributed by atoms with E-state index in [2.05, 4.69) is 9.97 Å². The Labute approximate surface area is 681 Å². The van der Waals surface area contributed by atoms with Gasteiger partial charge in [-0.25, -0.2) is 29.9 Å². The van der Waals surface area contributed by atoms with Gasteiger partial charge in [0.25, 0.3) is 0 Å². The lowest BCUT2D eigenvalue weighted by molar-refractivity contribution is 0.0160. The van der Waals surface area contributed by atoms with E-state index in [0.717, 1.165) is 0 Å². The van der Waals surface area contributed by atoms with E-state index in [4.69, 9.17) is 163 Å². The molecule has 0 unspecified atom stereocenters. The summed E-state index contributed by atoms with van der Waals surface area (Å²) in [6, 6.07) is 16.7. The molecule has 0 fully saturated rings. The first-order chi connectivity index (χ1) is 57.9. The number of H-pyrrole nitrogens is 2. The highest BCUT2D eigenvalue weighted by molar-refractivity contribution is 6.08. The van der Waals surface area contributed by atoms with E-state index >= 15 is 0 Å². The number of methoxy groups -OCH3 is 7. The number of nitrogens with one attached hydrogen (secondary N) is 2. The molecule has 648 valence electrons. The summed E-state index contributed by atoms with van der Waals surface area (Å²) < 4.78 is 164. The Kier molecular flexibility index (Phi) is 44.8. The molecule has 8 bridgehead atoms. The summed E-state index contributed by atoms with van der Waals surface area (Å²) in [5.74, 6) is 3.62. The molecular formula is C81H116N8O28. The zero-order valence-electron chi connectivity index (χ0n) is 68.5. The molecule has 36 heteroatoms. The Hall–Kier alpha value is -8.00. The average molecular weight is 1650 g/mol. The van der Waals surface area contributed by atoms with E-state index < -0.39 is 0 Å². The first-order valence-electron chi connectivity index (χ1n) is 39.3. The molecule has 5 heterocycles. The maximum atomic E-state index is 6.63. The second-order valence-electron chi connectivity index (χ2n) is 25.3. The van der Waals surface area contributed by atoms with Gasteiger partial charge in [-0.15, -0.1) is 0 Å². The number of rotatable bonds is 70. The lowest BCUT2D eigenvalue weighted by Gasteiger charge is -2.15. The summed E-state index contributed by atoms with van der Waals surface area (Å²) in [5, 5.41) is 2.25. The van der Waals surface area contributed by atoms with Gasteiger partial charge in [0, 0.05) is 88.0 Å². The molecule has 9 rings (SSSR count). The van der Waals surface area contributed by atoms with Crippen molar-refractivity contribution in [2.24, 2.45) is 0 Å². The Balaban J connectivity index is 1.24. The second kappa shape index (κ2) is 56.5. The van der Waals surface area contributed by atoms with Crippen molar-refractivity contribution in [1.82, 2.24) is 39.9 Å². The highest BCUT2D eigenvalue weighted by Gasteiger charge is 2.28. The van der Waals surface area contributed by atoms with E-state index in [-0.39, 0.29) is 116 Å². The van der Waals surface area contributed by atoms with Gasteiger partial charge in [0.05, 0.1) is 237 Å². The van der Waals surface area contributed by atoms with Crippen LogP contribution in [-0.2, 0) is 99.5 Å². The third-order valence-electron chi connectivity index (χ3n) is 17.0. The van der Waals surface area contributed by atoms with Crippen molar-refractivity contribution in [1.29, 1.82) is 0 Å². The highest BCUT2D eigenvalue weighted by Crippen LogP contribution is 2.46. The van der Waals surface area contributed by atoms with Gasteiger partial charge < -0.3 is 143 Å². The van der Waals surface area contributed by atoms with Crippen LogP contribution in [0.2, 0.25) is 0 Å². The molecule has 0 spiro atoms. The van der Waals surface area contributed by atoms with Crippen LogP contribution in [0.4, 0.5) is 0 Å². The van der Waals surface area contributed by atoms with Crippen molar-refractivity contribution in [3.05, 3.63) is 54.6 Å². The van der Waals surface area contributed by atoms with Crippen molar-refractivity contribution in [2.45, 2.75) is 0 Å². The van der Waals surface area contributed by atoms with E-state index in [1.165, 1.54) is 0 Å². The highest BCUT2D eigenvalue weighted by atomic mass is 16.6. The molecule has 36 nitrogen and oxygen atoms in total. The number of nitrogens with zero attached hydrogens (tertiary/aromatic N) is 6. The minimum absolute atomic E-state index is 0.121. The molecule has 0 amide bonds. The standard InChI is InChI=1S/C81H116N8O28/c1-90-11-18-97-25-32-104-39-46-111-66-10-8-9-59-73(66)81-88-74(59)82-75-60-53-67(112-47-40-105-33-26-98-19-12-91-2)68(113-48-41-106-34-27-99-20-13-92-3)54-61(60)76(83-75)84-77-62-55-69(114-49-42-107-35-28-100-21-14-93-4)70(115-50-43-108-36-29-101-22-15-94-5)56-63(62)78(85-77)86-79-64-57-71(116-51-44-109-37-30-102-23-16-95-6)72(58-65(64)80(87-79)89-81)117-52-45-110-38-31-103-24-17-96-7/h8-10,53-58H,11-52H2,1-7H3,(H2,82,83,84,85,86,87,88,89). The first-order valence-corrected chi connectivity index (χ1v) is 39.3. The monoisotopic (exact) mass is 1650 g/mol. The van der Waals surface area contributed by atoms with Gasteiger partial charge in [0.15, 0.2) is 57.8 Å². The molecule has 0 radical (unpaired) electrons. The molecular weight excluding hydrogens is 1530 g/mol. The summed E-state index contributed by atoms with van der Waals surface area (Å²) in [4.78, 5) is 39.6. The number of ether oxygens (including phenoxy) is 28. The number of aromatic nitrogens is 8. The van der Waals surface area contributed by atoms with Crippen LogP contribution in [0.3, 0.4) is 0 Å². The van der Waals surface area contributed by atoms with Gasteiger partial charge in [0.2, 0.25) is 0 Å². The van der Waals surface area contributed by atoms with Gasteiger partial charge in [-0.3, -0.25) is 0 Å². The van der Waals surface area contributed by atoms with E-state index in [1.54, 1.807) is 49.8 Å². The minimum Gasteiger partial charge on any atom is -0.490 e. The summed E-state index contributed by atoms with van der Waals surface area (Å²) in [6.07, 6.45) is 0. The SMILES string of the molecule is COCCOCCOCCOc1cc2c(cc1OCCOCCOCCOC)-c1nc-2nc2[nH]c(nc3nc(nc4[nH]c(n1)c1cc(OCCOCCOCCOC)c(OCCOCCOCCOC)cc41)-c1c(OCCOCCOCCOC)cccc1-3)c1cc(OCCOCCOCCOC)c(OCCOCCOCCOC)cc21. The fraction of sp³-hybridized carbons (Fsp3) is 0.605. The van der Waals surface area contributed by atoms with Crippen molar-refractivity contribution < 1.29 is 133 Å². The molecule has 0 saturated carbocycles. The summed E-state index contributed by atoms with van der Waals surface area (Å²) in [7, 11) is 11.4. The van der Waals surface area contributed by atoms with Crippen LogP contribution in [-0.4, -0.2) is 367 Å². The summed E-state index contributed by atoms with van der Waals surface area (Å²) in [6.45, 7) is 13.7. The predicted molar refractivity (Wildman–Crippen MR) is 429 cm³/mol. The number of aromatic amines is 2. The molecule has 0 saturated heterocycles. The Morgan fingerprint density at radius 2 is 0.393 bits per heavy atom. The third kappa shape index (κ3) is 31.9. The molecule has 7 aromatic rings. The summed E-state index contributed by atoms with van der Waals surface area (Å²) in [5.41, 5.74) is 3.49. The van der Waals surface area contributed by atoms with Gasteiger partial charge in [-0.1, -0.05) is 12.1 Å². The fourth-order valence-corrected chi connectivity index (χ4v) is 11.3. The molecule has 0 atom stereocenters. The predicted octanol–water partition coefficient (Wildman–Crippen LogP) is 7.28. The lowest BCUT2D eigenvalue weighted by atomic mass is 10.1. The van der Waals surface area contributed by atoms with E-state index in [0.29, 0.717) is 292 Å². The quantitative estimate of drug-likeness (QED) is 0.0353. The van der Waals surface area contributed by atoms with E-state index in [1.807, 2.05) is 54.6 Å². The smallest absolute Gasteiger partial charge is 0.168 e. The van der Waals surface area contributed by atoms with Gasteiger partial charge in [-0.05, 0) is 42.5 Å². The van der Waals surface area contributed by atoms with Crippen molar-refractivity contribution in [2.75, 3.05) is 327 Å². The minimum atomic E-state index is 0.121. The molecule has 2 aliphatic rings. The molecule has 117 heavy (non-hydrogen) atoms. The molecule has 2 N–H and O–H groups in total. The second-order valence-corrected chi connectivity index (χ2v) is 25.3. The lowest BCUT2D eigenvalue weighted by Crippen LogP contribution is -2.14. The van der Waals surface area contributed by atoms with Crippen molar-refractivity contribution in [3.8, 4) is 85.8 Å². The zero-order valence-corrected chi connectivity index (χ0v) is 68.5. The normalized spacial score (nSPS) is 11.8. The van der Waals surface area contributed by atoms with Crippen molar-refractivity contribution in [3.63, 3.8) is 0 Å². The van der Waals surface area contributed by atoms with Crippen molar-refractivity contribution >= 4 is 44.1 Å². The Morgan fingerprint density at radius 1 is 0.197 bits per heavy atom. The van der Waals surface area contributed by atoms with Crippen LogP contribution in [0.1, 0.15) is 0 Å². The Morgan fingerprint density at radius 3 is 0.641 bits per heavy atom. The zero-order chi connectivity index (χ0) is 81.8. The molecule has 0 aliphatic carbocycles. The molecule has 2 aliphatic heterocycles. The maximum Gasteiger partial charge on any atom is 0.168 e. The number of hydrogen-bond acceptors (Lipinski definition) is 34. The first kappa shape index (κ1) is 92.9. The topological polar surface area (TPSA) is 367 Å². The van der Waals surface area contributed by atoms with Gasteiger partial charge in [-0.2, -0.15) is 0 Å². The van der Waals surface area contributed by atoms with Crippen LogP contribution in [0.5, 0.6) is 40.2 Å². The van der Waals surface area contributed by atoms with Crippen LogP contribution < -0.4 is 33.2 Å². The van der Waals surface area contributed by atoms with E-state index in [9.17, 15) is 0 Å². The van der Waals surface area contributed by atoms with Gasteiger partial charge in [0.1, 0.15) is 74.6 Å².